The molecule has 4 rings (SSSR count). The molecule has 2 heterocycles. The van der Waals surface area contributed by atoms with Gasteiger partial charge in [0.15, 0.2) is 0 Å². The van der Waals surface area contributed by atoms with Gasteiger partial charge < -0.3 is 9.72 Å². The number of imidazole rings is 1. The van der Waals surface area contributed by atoms with Crippen LogP contribution in [0.1, 0.15) is 27.2 Å². The number of rotatable bonds is 2. The first-order chi connectivity index (χ1) is 10.7. The lowest BCUT2D eigenvalue weighted by molar-refractivity contribution is 0.0934. The van der Waals surface area contributed by atoms with Crippen molar-refractivity contribution in [2.24, 2.45) is 0 Å². The second kappa shape index (κ2) is 4.98. The highest BCUT2D eigenvalue weighted by Crippen LogP contribution is 2.21. The summed E-state index contributed by atoms with van der Waals surface area (Å²) in [5, 5.41) is 3.10. The molecule has 1 aliphatic carbocycles. The molecular weight excluding hydrogens is 274 g/mol. The van der Waals surface area contributed by atoms with Crippen LogP contribution in [0, 0.1) is 6.92 Å². The molecule has 1 aliphatic rings. The molecule has 110 valence electrons. The fraction of sp³-hybridized carbons (Fsp3) is 0.222. The van der Waals surface area contributed by atoms with Gasteiger partial charge in [-0.15, -0.1) is 0 Å². The minimum Gasteiger partial charge on any atom is -0.347 e. The summed E-state index contributed by atoms with van der Waals surface area (Å²) in [4.78, 5) is 16.8. The second-order valence-corrected chi connectivity index (χ2v) is 5.94. The van der Waals surface area contributed by atoms with E-state index in [9.17, 15) is 4.79 Å². The van der Waals surface area contributed by atoms with Crippen molar-refractivity contribution < 1.29 is 4.79 Å². The maximum Gasteiger partial charge on any atom is 0.271 e. The van der Waals surface area contributed by atoms with Crippen LogP contribution < -0.4 is 5.32 Å². The van der Waals surface area contributed by atoms with Crippen LogP contribution in [0.4, 0.5) is 0 Å². The largest absolute Gasteiger partial charge is 0.347 e. The molecule has 2 aromatic heterocycles. The Labute approximate surface area is 128 Å². The first kappa shape index (κ1) is 13.1. The van der Waals surface area contributed by atoms with Gasteiger partial charge in [0.05, 0.1) is 0 Å². The number of pyridine rings is 1. The van der Waals surface area contributed by atoms with Crippen molar-refractivity contribution in [1.29, 1.82) is 0 Å². The lowest BCUT2D eigenvalue weighted by Gasteiger charge is -2.10. The Morgan fingerprint density at radius 3 is 2.68 bits per heavy atom. The van der Waals surface area contributed by atoms with Gasteiger partial charge in [-0.05, 0) is 48.6 Å². The Balaban J connectivity index is 1.52. The van der Waals surface area contributed by atoms with Crippen LogP contribution in [0.3, 0.4) is 0 Å². The quantitative estimate of drug-likeness (QED) is 0.788. The third-order valence-electron chi connectivity index (χ3n) is 4.23. The fourth-order valence-electron chi connectivity index (χ4n) is 3.11. The number of carbonyl (C=O) groups excluding carboxylic acids is 1. The SMILES string of the molecule is Cc1ccn2cc(C(=O)NC3Cc4ccccc4C3)nc2c1. The third-order valence-corrected chi connectivity index (χ3v) is 4.23. The van der Waals surface area contributed by atoms with Crippen LogP contribution in [-0.2, 0) is 12.8 Å². The molecule has 0 saturated carbocycles. The van der Waals surface area contributed by atoms with Crippen LogP contribution in [0.15, 0.2) is 48.8 Å². The summed E-state index contributed by atoms with van der Waals surface area (Å²) in [5.41, 5.74) is 5.08. The zero-order valence-corrected chi connectivity index (χ0v) is 12.4. The van der Waals surface area contributed by atoms with Crippen LogP contribution in [-0.4, -0.2) is 21.3 Å². The van der Waals surface area contributed by atoms with E-state index < -0.39 is 0 Å². The molecule has 4 heteroatoms. The molecule has 0 fully saturated rings. The van der Waals surface area contributed by atoms with Crippen molar-refractivity contribution in [2.75, 3.05) is 0 Å². The van der Waals surface area contributed by atoms with E-state index in [1.165, 1.54) is 11.1 Å². The highest BCUT2D eigenvalue weighted by atomic mass is 16.2. The average Bonchev–Trinajstić information content (AvgIpc) is 3.09. The van der Waals surface area contributed by atoms with E-state index in [0.29, 0.717) is 5.69 Å². The van der Waals surface area contributed by atoms with Crippen LogP contribution in [0.2, 0.25) is 0 Å². The summed E-state index contributed by atoms with van der Waals surface area (Å²) in [6, 6.07) is 12.5. The number of nitrogens with one attached hydrogen (secondary N) is 1. The Kier molecular flexibility index (Phi) is 2.96. The van der Waals surface area contributed by atoms with Crippen molar-refractivity contribution >= 4 is 11.6 Å². The molecule has 0 atom stereocenters. The van der Waals surface area contributed by atoms with E-state index in [2.05, 4.69) is 22.4 Å². The van der Waals surface area contributed by atoms with Gasteiger partial charge in [0, 0.05) is 18.4 Å². The number of fused-ring (bicyclic) bond motifs is 2. The second-order valence-electron chi connectivity index (χ2n) is 5.94. The van der Waals surface area contributed by atoms with Gasteiger partial charge in [-0.25, -0.2) is 4.98 Å². The topological polar surface area (TPSA) is 46.4 Å². The number of aromatic nitrogens is 2. The first-order valence-corrected chi connectivity index (χ1v) is 7.52. The third kappa shape index (κ3) is 2.26. The first-order valence-electron chi connectivity index (χ1n) is 7.52. The lowest BCUT2D eigenvalue weighted by Crippen LogP contribution is -2.35. The monoisotopic (exact) mass is 291 g/mol. The molecule has 22 heavy (non-hydrogen) atoms. The normalized spacial score (nSPS) is 14.2. The van der Waals surface area contributed by atoms with Gasteiger partial charge in [-0.3, -0.25) is 4.79 Å². The lowest BCUT2D eigenvalue weighted by atomic mass is 10.1. The highest BCUT2D eigenvalue weighted by molar-refractivity contribution is 5.93. The average molecular weight is 291 g/mol. The van der Waals surface area contributed by atoms with Crippen LogP contribution in [0.25, 0.3) is 5.65 Å². The molecule has 0 aliphatic heterocycles. The molecule has 3 aromatic rings. The zero-order chi connectivity index (χ0) is 15.1. The number of benzene rings is 1. The summed E-state index contributed by atoms with van der Waals surface area (Å²) in [6.07, 6.45) is 5.51. The van der Waals surface area contributed by atoms with E-state index in [-0.39, 0.29) is 11.9 Å². The molecular formula is C18H17N3O. The predicted octanol–water partition coefficient (Wildman–Crippen LogP) is 2.54. The number of nitrogens with zero attached hydrogens (tertiary/aromatic N) is 2. The Morgan fingerprint density at radius 1 is 1.23 bits per heavy atom. The minimum atomic E-state index is -0.0980. The molecule has 4 nitrogen and oxygen atoms in total. The minimum absolute atomic E-state index is 0.0980. The molecule has 0 unspecified atom stereocenters. The molecule has 0 radical (unpaired) electrons. The summed E-state index contributed by atoms with van der Waals surface area (Å²) in [7, 11) is 0. The Morgan fingerprint density at radius 2 is 1.95 bits per heavy atom. The van der Waals surface area contributed by atoms with E-state index in [0.717, 1.165) is 24.1 Å². The Bertz CT molecular complexity index is 841. The van der Waals surface area contributed by atoms with Gasteiger partial charge in [0.25, 0.3) is 5.91 Å². The fourth-order valence-corrected chi connectivity index (χ4v) is 3.11. The standard InChI is InChI=1S/C18H17N3O/c1-12-6-7-21-11-16(20-17(21)8-12)18(22)19-15-9-13-4-2-3-5-14(13)10-15/h2-8,11,15H,9-10H2,1H3,(H,19,22). The Hall–Kier alpha value is -2.62. The van der Waals surface area contributed by atoms with E-state index in [1.54, 1.807) is 6.20 Å². The van der Waals surface area contributed by atoms with E-state index in [1.807, 2.05) is 41.8 Å². The molecule has 0 bridgehead atoms. The number of hydrogen-bond acceptors (Lipinski definition) is 2. The van der Waals surface area contributed by atoms with E-state index in [4.69, 9.17) is 0 Å². The summed E-state index contributed by atoms with van der Waals surface area (Å²) >= 11 is 0. The zero-order valence-electron chi connectivity index (χ0n) is 12.4. The number of hydrogen-bond donors (Lipinski definition) is 1. The maximum absolute atomic E-state index is 12.4. The van der Waals surface area contributed by atoms with Gasteiger partial charge in [0.1, 0.15) is 11.3 Å². The van der Waals surface area contributed by atoms with Gasteiger partial charge in [-0.1, -0.05) is 24.3 Å². The van der Waals surface area contributed by atoms with Crippen molar-refractivity contribution in [3.05, 3.63) is 71.2 Å². The van der Waals surface area contributed by atoms with Crippen molar-refractivity contribution in [3.63, 3.8) is 0 Å². The number of carbonyl (C=O) groups is 1. The van der Waals surface area contributed by atoms with Crippen molar-refractivity contribution in [3.8, 4) is 0 Å². The van der Waals surface area contributed by atoms with Crippen molar-refractivity contribution in [2.45, 2.75) is 25.8 Å². The smallest absolute Gasteiger partial charge is 0.271 e. The number of aryl methyl sites for hydroxylation is 1. The molecule has 0 saturated heterocycles. The van der Waals surface area contributed by atoms with Gasteiger partial charge >= 0.3 is 0 Å². The summed E-state index contributed by atoms with van der Waals surface area (Å²) < 4.78 is 1.88. The maximum atomic E-state index is 12.4. The molecule has 0 spiro atoms. The molecule has 1 aromatic carbocycles. The molecule has 1 N–H and O–H groups in total. The summed E-state index contributed by atoms with van der Waals surface area (Å²) in [6.45, 7) is 2.02. The van der Waals surface area contributed by atoms with Crippen LogP contribution in [0.5, 0.6) is 0 Å². The van der Waals surface area contributed by atoms with Crippen LogP contribution >= 0.6 is 0 Å². The number of amides is 1. The summed E-state index contributed by atoms with van der Waals surface area (Å²) in [5.74, 6) is -0.0980. The van der Waals surface area contributed by atoms with Crippen molar-refractivity contribution in [1.82, 2.24) is 14.7 Å². The molecule has 1 amide bonds. The van der Waals surface area contributed by atoms with Gasteiger partial charge in [0.2, 0.25) is 0 Å². The van der Waals surface area contributed by atoms with E-state index >= 15 is 0 Å². The highest BCUT2D eigenvalue weighted by Gasteiger charge is 2.23. The predicted molar refractivity (Wildman–Crippen MR) is 85.0 cm³/mol. The van der Waals surface area contributed by atoms with Gasteiger partial charge in [-0.2, -0.15) is 0 Å².